The van der Waals surface area contributed by atoms with Crippen LogP contribution in [-0.4, -0.2) is 93.8 Å². The van der Waals surface area contributed by atoms with Gasteiger partial charge in [-0.05, 0) is 19.5 Å². The fraction of sp³-hybridized carbons (Fsp3) is 0.440. The quantitative estimate of drug-likeness (QED) is 0.352. The molecule has 0 aliphatic carbocycles. The van der Waals surface area contributed by atoms with Crippen LogP contribution in [0.15, 0.2) is 41.7 Å². The Morgan fingerprint density at radius 2 is 2.08 bits per heavy atom. The Balaban J connectivity index is 1.38. The first kappa shape index (κ1) is 25.7. The highest BCUT2D eigenvalue weighted by Crippen LogP contribution is 2.28. The topological polar surface area (TPSA) is 128 Å². The third kappa shape index (κ3) is 5.07. The van der Waals surface area contributed by atoms with Gasteiger partial charge in [-0.2, -0.15) is 0 Å². The molecule has 5 rings (SSSR count). The molecule has 38 heavy (non-hydrogen) atoms. The van der Waals surface area contributed by atoms with Crippen molar-refractivity contribution in [3.05, 3.63) is 42.2 Å². The summed E-state index contributed by atoms with van der Waals surface area (Å²) >= 11 is 0. The fourth-order valence-corrected chi connectivity index (χ4v) is 4.87. The van der Waals surface area contributed by atoms with Crippen molar-refractivity contribution in [3.63, 3.8) is 0 Å². The molecule has 2 unspecified atom stereocenters. The zero-order valence-corrected chi connectivity index (χ0v) is 22.0. The SMILES string of the molecule is CCC(C(=O)Nc1nccc2c(C3=NC(Nc4cn(C)nc4OC)NC=C3F)c[nH]c12)N1CCN(C)CC1. The van der Waals surface area contributed by atoms with Gasteiger partial charge < -0.3 is 30.6 Å². The van der Waals surface area contributed by atoms with Crippen LogP contribution in [0.1, 0.15) is 18.9 Å². The molecule has 3 aromatic rings. The van der Waals surface area contributed by atoms with Crippen molar-refractivity contribution in [2.24, 2.45) is 12.0 Å². The minimum atomic E-state index is -0.650. The van der Waals surface area contributed by atoms with Crippen LogP contribution < -0.4 is 20.7 Å². The van der Waals surface area contributed by atoms with Gasteiger partial charge in [-0.25, -0.2) is 14.4 Å². The number of fused-ring (bicyclic) bond motifs is 1. The number of aromatic amines is 1. The third-order valence-electron chi connectivity index (χ3n) is 6.90. The van der Waals surface area contributed by atoms with Crippen molar-refractivity contribution in [2.45, 2.75) is 25.7 Å². The van der Waals surface area contributed by atoms with E-state index in [0.717, 1.165) is 26.2 Å². The highest BCUT2D eigenvalue weighted by molar-refractivity contribution is 6.19. The zero-order valence-electron chi connectivity index (χ0n) is 22.0. The molecule has 2 aliphatic rings. The normalized spacial score (nSPS) is 19.4. The minimum Gasteiger partial charge on any atom is -0.478 e. The lowest BCUT2D eigenvalue weighted by molar-refractivity contribution is -0.122. The van der Waals surface area contributed by atoms with E-state index < -0.39 is 12.1 Å². The summed E-state index contributed by atoms with van der Waals surface area (Å²) in [4.78, 5) is 29.8. The maximum Gasteiger partial charge on any atom is 0.256 e. The Hall–Kier alpha value is -3.97. The van der Waals surface area contributed by atoms with Gasteiger partial charge in [0.1, 0.15) is 11.4 Å². The summed E-state index contributed by atoms with van der Waals surface area (Å²) in [5, 5.41) is 14.0. The molecule has 202 valence electrons. The van der Waals surface area contributed by atoms with Gasteiger partial charge in [0.2, 0.25) is 5.91 Å². The second-order valence-corrected chi connectivity index (χ2v) is 9.45. The molecule has 2 aliphatic heterocycles. The van der Waals surface area contributed by atoms with E-state index in [1.807, 2.05) is 6.92 Å². The first-order valence-electron chi connectivity index (χ1n) is 12.6. The van der Waals surface area contributed by atoms with Crippen LogP contribution in [0.2, 0.25) is 0 Å². The van der Waals surface area contributed by atoms with Crippen LogP contribution in [0.25, 0.3) is 10.9 Å². The van der Waals surface area contributed by atoms with E-state index in [0.29, 0.717) is 40.3 Å². The average Bonchev–Trinajstić information content (AvgIpc) is 3.50. The second-order valence-electron chi connectivity index (χ2n) is 9.45. The van der Waals surface area contributed by atoms with Crippen LogP contribution in [0, 0.1) is 0 Å². The van der Waals surface area contributed by atoms with E-state index in [-0.39, 0.29) is 17.7 Å². The number of nitrogens with zero attached hydrogens (tertiary/aromatic N) is 6. The maximum absolute atomic E-state index is 15.0. The van der Waals surface area contributed by atoms with Crippen LogP contribution in [0.5, 0.6) is 5.88 Å². The van der Waals surface area contributed by atoms with Gasteiger partial charge in [0.15, 0.2) is 17.9 Å². The number of allylic oxidation sites excluding steroid dienone is 1. The molecule has 0 aromatic carbocycles. The van der Waals surface area contributed by atoms with Gasteiger partial charge in [-0.15, -0.1) is 5.10 Å². The van der Waals surface area contributed by atoms with Crippen LogP contribution in [-0.2, 0) is 11.8 Å². The van der Waals surface area contributed by atoms with E-state index in [4.69, 9.17) is 4.74 Å². The molecule has 5 heterocycles. The number of hydrogen-bond donors (Lipinski definition) is 4. The molecule has 1 saturated heterocycles. The van der Waals surface area contributed by atoms with E-state index in [1.165, 1.54) is 13.3 Å². The fourth-order valence-electron chi connectivity index (χ4n) is 4.87. The molecule has 12 nitrogen and oxygen atoms in total. The van der Waals surface area contributed by atoms with Crippen LogP contribution in [0.3, 0.4) is 0 Å². The van der Waals surface area contributed by atoms with Crippen molar-refractivity contribution >= 4 is 34.0 Å². The molecule has 4 N–H and O–H groups in total. The number of carbonyl (C=O) groups excluding carboxylic acids is 1. The van der Waals surface area contributed by atoms with Crippen molar-refractivity contribution in [1.29, 1.82) is 0 Å². The first-order chi connectivity index (χ1) is 18.4. The van der Waals surface area contributed by atoms with E-state index in [9.17, 15) is 9.18 Å². The summed E-state index contributed by atoms with van der Waals surface area (Å²) in [6.45, 7) is 5.55. The molecule has 0 radical (unpaired) electrons. The number of anilines is 2. The first-order valence-corrected chi connectivity index (χ1v) is 12.6. The Morgan fingerprint density at radius 1 is 1.29 bits per heavy atom. The molecule has 1 amide bonds. The van der Waals surface area contributed by atoms with E-state index >= 15 is 0 Å². The summed E-state index contributed by atoms with van der Waals surface area (Å²) in [6.07, 6.45) is 6.35. The Kier molecular flexibility index (Phi) is 7.29. The summed E-state index contributed by atoms with van der Waals surface area (Å²) in [5.41, 5.74) is 1.95. The van der Waals surface area contributed by atoms with Gasteiger partial charge in [0, 0.05) is 62.8 Å². The van der Waals surface area contributed by atoms with Crippen LogP contribution in [0.4, 0.5) is 15.9 Å². The summed E-state index contributed by atoms with van der Waals surface area (Å²) in [6, 6.07) is 1.53. The Morgan fingerprint density at radius 3 is 2.82 bits per heavy atom. The van der Waals surface area contributed by atoms with Crippen molar-refractivity contribution in [1.82, 2.24) is 34.9 Å². The molecule has 3 aromatic heterocycles. The lowest BCUT2D eigenvalue weighted by Crippen LogP contribution is -2.52. The summed E-state index contributed by atoms with van der Waals surface area (Å²) in [7, 11) is 5.39. The van der Waals surface area contributed by atoms with Gasteiger partial charge in [0.25, 0.3) is 5.88 Å². The minimum absolute atomic E-state index is 0.104. The van der Waals surface area contributed by atoms with Crippen molar-refractivity contribution in [3.8, 4) is 5.88 Å². The number of aliphatic imine (C=N–C) groups is 1. The number of methoxy groups -OCH3 is 1. The second kappa shape index (κ2) is 10.8. The predicted molar refractivity (Wildman–Crippen MR) is 144 cm³/mol. The van der Waals surface area contributed by atoms with Gasteiger partial charge in [-0.1, -0.05) is 6.92 Å². The number of H-pyrrole nitrogens is 1. The molecule has 0 spiro atoms. The molecule has 13 heteroatoms. The number of ether oxygens (including phenoxy) is 1. The largest absolute Gasteiger partial charge is 0.478 e. The number of piperazine rings is 1. The molecular weight excluding hydrogens is 491 g/mol. The Labute approximate surface area is 219 Å². The third-order valence-corrected chi connectivity index (χ3v) is 6.90. The number of aryl methyl sites for hydroxylation is 1. The predicted octanol–water partition coefficient (Wildman–Crippen LogP) is 1.87. The number of pyridine rings is 1. The molecule has 0 bridgehead atoms. The molecule has 0 saturated carbocycles. The lowest BCUT2D eigenvalue weighted by atomic mass is 10.1. The van der Waals surface area contributed by atoms with E-state index in [2.05, 4.69) is 52.9 Å². The molecule has 2 atom stereocenters. The summed E-state index contributed by atoms with van der Waals surface area (Å²) in [5.74, 6) is 0.195. The standard InChI is InChI=1S/C25H33FN10O2/c1-5-19(36-10-8-34(2)9-11-36)23(37)32-22-21-15(6-7-27-22)16(12-28-21)20-17(26)13-29-25(31-20)30-18-14-35(3)33-24(18)38-4/h6-7,12-14,19,25,28-30H,5,8-11H2,1-4H3,(H,27,32,37). The lowest BCUT2D eigenvalue weighted by Gasteiger charge is -2.36. The highest BCUT2D eigenvalue weighted by atomic mass is 19.1. The van der Waals surface area contributed by atoms with Crippen LogP contribution >= 0.6 is 0 Å². The van der Waals surface area contributed by atoms with Crippen molar-refractivity contribution < 1.29 is 13.9 Å². The smallest absolute Gasteiger partial charge is 0.256 e. The number of nitrogens with one attached hydrogen (secondary N) is 4. The van der Waals surface area contributed by atoms with Gasteiger partial charge >= 0.3 is 0 Å². The number of halogens is 1. The Bertz CT molecular complexity index is 1370. The zero-order chi connectivity index (χ0) is 26.8. The molecule has 1 fully saturated rings. The van der Waals surface area contributed by atoms with E-state index in [1.54, 1.807) is 36.4 Å². The number of rotatable bonds is 8. The number of carbonyl (C=O) groups is 1. The summed E-state index contributed by atoms with van der Waals surface area (Å²) < 4.78 is 21.9. The van der Waals surface area contributed by atoms with Crippen molar-refractivity contribution in [2.75, 3.05) is 51.0 Å². The number of likely N-dealkylation sites (N-methyl/N-ethyl adjacent to an activating group) is 1. The number of amides is 1. The average molecular weight is 525 g/mol. The number of aromatic nitrogens is 4. The highest BCUT2D eigenvalue weighted by Gasteiger charge is 2.28. The molecular formula is C25H33FN10O2. The maximum atomic E-state index is 15.0. The van der Waals surface area contributed by atoms with Gasteiger partial charge in [-0.3, -0.25) is 14.4 Å². The number of hydrogen-bond acceptors (Lipinski definition) is 9. The monoisotopic (exact) mass is 524 g/mol. The van der Waals surface area contributed by atoms with Gasteiger partial charge in [0.05, 0.1) is 24.9 Å².